The van der Waals surface area contributed by atoms with Gasteiger partial charge >= 0.3 is 11.9 Å². The SMILES string of the molecule is N[C@@H](CCC(=O)N1C[C@@H](OCc2ccccc2)CC1C(=O)O)C(=O)O. The maximum Gasteiger partial charge on any atom is 0.326 e. The van der Waals surface area contributed by atoms with Crippen LogP contribution in [0.15, 0.2) is 30.3 Å². The number of nitrogens with zero attached hydrogens (tertiary/aromatic N) is 1. The fraction of sp³-hybridized carbons (Fsp3) is 0.471. The third-order valence-electron chi connectivity index (χ3n) is 4.18. The molecule has 0 spiro atoms. The van der Waals surface area contributed by atoms with Crippen LogP contribution in [0.4, 0.5) is 0 Å². The highest BCUT2D eigenvalue weighted by molar-refractivity contribution is 5.85. The summed E-state index contributed by atoms with van der Waals surface area (Å²) in [6.45, 7) is 0.509. The summed E-state index contributed by atoms with van der Waals surface area (Å²) in [6.07, 6.45) is -0.313. The molecule has 1 saturated heterocycles. The van der Waals surface area contributed by atoms with Gasteiger partial charge in [-0.15, -0.1) is 0 Å². The van der Waals surface area contributed by atoms with E-state index < -0.39 is 29.9 Å². The number of ether oxygens (including phenoxy) is 1. The minimum atomic E-state index is -1.19. The van der Waals surface area contributed by atoms with Crippen molar-refractivity contribution in [2.24, 2.45) is 5.73 Å². The third kappa shape index (κ3) is 5.27. The molecule has 25 heavy (non-hydrogen) atoms. The van der Waals surface area contributed by atoms with E-state index in [9.17, 15) is 19.5 Å². The molecular weight excluding hydrogens is 328 g/mol. The van der Waals surface area contributed by atoms with Gasteiger partial charge in [-0.05, 0) is 12.0 Å². The largest absolute Gasteiger partial charge is 0.480 e. The predicted molar refractivity (Wildman–Crippen MR) is 87.6 cm³/mol. The lowest BCUT2D eigenvalue weighted by molar-refractivity contribution is -0.148. The van der Waals surface area contributed by atoms with Crippen LogP contribution in [-0.2, 0) is 25.7 Å². The van der Waals surface area contributed by atoms with Crippen LogP contribution in [0.2, 0.25) is 0 Å². The van der Waals surface area contributed by atoms with Crippen LogP contribution in [0.1, 0.15) is 24.8 Å². The van der Waals surface area contributed by atoms with Gasteiger partial charge in [-0.3, -0.25) is 9.59 Å². The minimum Gasteiger partial charge on any atom is -0.480 e. The number of hydrogen-bond donors (Lipinski definition) is 3. The van der Waals surface area contributed by atoms with Gasteiger partial charge in [0.25, 0.3) is 0 Å². The second-order valence-electron chi connectivity index (χ2n) is 6.04. The first-order valence-corrected chi connectivity index (χ1v) is 8.04. The molecule has 1 aliphatic heterocycles. The zero-order chi connectivity index (χ0) is 18.4. The first kappa shape index (κ1) is 18.9. The number of carboxylic acid groups (broad SMARTS) is 2. The van der Waals surface area contributed by atoms with Gasteiger partial charge in [-0.1, -0.05) is 30.3 Å². The van der Waals surface area contributed by atoms with Crippen LogP contribution in [0.3, 0.4) is 0 Å². The molecule has 4 N–H and O–H groups in total. The van der Waals surface area contributed by atoms with Crippen molar-refractivity contribution in [2.75, 3.05) is 6.54 Å². The Hall–Kier alpha value is -2.45. The van der Waals surface area contributed by atoms with E-state index in [0.29, 0.717) is 6.61 Å². The lowest BCUT2D eigenvalue weighted by atomic mass is 10.1. The quantitative estimate of drug-likeness (QED) is 0.620. The van der Waals surface area contributed by atoms with Crippen LogP contribution >= 0.6 is 0 Å². The van der Waals surface area contributed by atoms with Gasteiger partial charge in [-0.2, -0.15) is 0 Å². The van der Waals surface area contributed by atoms with E-state index in [4.69, 9.17) is 15.6 Å². The molecule has 1 fully saturated rings. The van der Waals surface area contributed by atoms with Gasteiger partial charge in [0.1, 0.15) is 12.1 Å². The smallest absolute Gasteiger partial charge is 0.326 e. The second kappa shape index (κ2) is 8.59. The van der Waals surface area contributed by atoms with Crippen molar-refractivity contribution in [1.29, 1.82) is 0 Å². The Morgan fingerprint density at radius 3 is 2.52 bits per heavy atom. The molecule has 1 aromatic carbocycles. The van der Waals surface area contributed by atoms with Gasteiger partial charge in [0.2, 0.25) is 5.91 Å². The van der Waals surface area contributed by atoms with Crippen molar-refractivity contribution in [1.82, 2.24) is 4.90 Å². The number of benzene rings is 1. The summed E-state index contributed by atoms with van der Waals surface area (Å²) in [5.74, 6) is -2.70. The number of carboxylic acids is 2. The topological polar surface area (TPSA) is 130 Å². The Labute approximate surface area is 145 Å². The number of hydrogen-bond acceptors (Lipinski definition) is 5. The first-order valence-electron chi connectivity index (χ1n) is 8.04. The summed E-state index contributed by atoms with van der Waals surface area (Å²) in [5, 5.41) is 18.1. The van der Waals surface area contributed by atoms with Crippen molar-refractivity contribution >= 4 is 17.8 Å². The molecule has 0 radical (unpaired) electrons. The summed E-state index contributed by atoms with van der Waals surface area (Å²) in [5.41, 5.74) is 6.35. The average Bonchev–Trinajstić information content (AvgIpc) is 3.03. The van der Waals surface area contributed by atoms with Crippen LogP contribution in [-0.4, -0.2) is 57.7 Å². The molecule has 3 atom stereocenters. The number of amides is 1. The minimum absolute atomic E-state index is 0.0352. The molecule has 0 saturated carbocycles. The van der Waals surface area contributed by atoms with Gasteiger partial charge in [0.05, 0.1) is 12.7 Å². The second-order valence-corrected chi connectivity index (χ2v) is 6.04. The van der Waals surface area contributed by atoms with Crippen LogP contribution in [0.5, 0.6) is 0 Å². The van der Waals surface area contributed by atoms with Crippen molar-refractivity contribution in [2.45, 2.75) is 44.1 Å². The number of aliphatic carboxylic acids is 2. The van der Waals surface area contributed by atoms with Crippen LogP contribution < -0.4 is 5.73 Å². The standard InChI is InChI=1S/C17H22N2O6/c18-13(16(21)22)6-7-15(20)19-9-12(8-14(19)17(23)24)25-10-11-4-2-1-3-5-11/h1-5,12-14H,6-10,18H2,(H,21,22)(H,23,24)/t12-,13-,14?/m0/s1. The lowest BCUT2D eigenvalue weighted by Gasteiger charge is -2.21. The number of carbonyl (C=O) groups excluding carboxylic acids is 1. The number of carbonyl (C=O) groups is 3. The molecule has 8 nitrogen and oxygen atoms in total. The zero-order valence-corrected chi connectivity index (χ0v) is 13.7. The predicted octanol–water partition coefficient (Wildman–Crippen LogP) is 0.449. The molecule has 0 aromatic heterocycles. The van der Waals surface area contributed by atoms with Crippen molar-refractivity contribution in [3.05, 3.63) is 35.9 Å². The van der Waals surface area contributed by atoms with Gasteiger partial charge in [0, 0.05) is 19.4 Å². The van der Waals surface area contributed by atoms with Gasteiger partial charge < -0.3 is 25.6 Å². The third-order valence-corrected chi connectivity index (χ3v) is 4.18. The van der Waals surface area contributed by atoms with E-state index in [1.807, 2.05) is 30.3 Å². The molecule has 1 amide bonds. The summed E-state index contributed by atoms with van der Waals surface area (Å²) >= 11 is 0. The van der Waals surface area contributed by atoms with E-state index in [1.54, 1.807) is 0 Å². The van der Waals surface area contributed by atoms with E-state index >= 15 is 0 Å². The highest BCUT2D eigenvalue weighted by Crippen LogP contribution is 2.23. The Morgan fingerprint density at radius 2 is 1.92 bits per heavy atom. The van der Waals surface area contributed by atoms with Crippen molar-refractivity contribution < 1.29 is 29.3 Å². The maximum atomic E-state index is 12.3. The van der Waals surface area contributed by atoms with Crippen molar-refractivity contribution in [3.8, 4) is 0 Å². The Balaban J connectivity index is 1.91. The molecule has 8 heteroatoms. The van der Waals surface area contributed by atoms with E-state index in [0.717, 1.165) is 5.56 Å². The number of likely N-dealkylation sites (tertiary alicyclic amines) is 1. The maximum absolute atomic E-state index is 12.3. The molecule has 1 unspecified atom stereocenters. The van der Waals surface area contributed by atoms with Crippen LogP contribution in [0.25, 0.3) is 0 Å². The normalized spacial score (nSPS) is 21.1. The van der Waals surface area contributed by atoms with Crippen molar-refractivity contribution in [3.63, 3.8) is 0 Å². The van der Waals surface area contributed by atoms with Gasteiger partial charge in [-0.25, -0.2) is 4.79 Å². The molecule has 1 aliphatic rings. The van der Waals surface area contributed by atoms with Crippen LogP contribution in [0, 0.1) is 0 Å². The lowest BCUT2D eigenvalue weighted by Crippen LogP contribution is -2.41. The fourth-order valence-corrected chi connectivity index (χ4v) is 2.76. The molecule has 0 aliphatic carbocycles. The molecule has 1 aromatic rings. The first-order chi connectivity index (χ1) is 11.9. The summed E-state index contributed by atoms with van der Waals surface area (Å²) in [7, 11) is 0. The summed E-state index contributed by atoms with van der Waals surface area (Å²) < 4.78 is 5.74. The number of nitrogens with two attached hydrogens (primary N) is 1. The Bertz CT molecular complexity index is 621. The molecule has 2 rings (SSSR count). The monoisotopic (exact) mass is 350 g/mol. The fourth-order valence-electron chi connectivity index (χ4n) is 2.76. The molecule has 0 bridgehead atoms. The highest BCUT2D eigenvalue weighted by Gasteiger charge is 2.40. The Morgan fingerprint density at radius 1 is 1.24 bits per heavy atom. The number of rotatable bonds is 8. The highest BCUT2D eigenvalue weighted by atomic mass is 16.5. The van der Waals surface area contributed by atoms with Gasteiger partial charge in [0.15, 0.2) is 0 Å². The summed E-state index contributed by atoms with van der Waals surface area (Å²) in [6, 6.07) is 7.36. The molecule has 1 heterocycles. The zero-order valence-electron chi connectivity index (χ0n) is 13.7. The van der Waals surface area contributed by atoms with E-state index in [-0.39, 0.29) is 31.9 Å². The van der Waals surface area contributed by atoms with E-state index in [2.05, 4.69) is 0 Å². The Kier molecular flexibility index (Phi) is 6.49. The molecule has 136 valence electrons. The average molecular weight is 350 g/mol. The summed E-state index contributed by atoms with van der Waals surface area (Å²) in [4.78, 5) is 35.6. The molecular formula is C17H22N2O6. The van der Waals surface area contributed by atoms with E-state index in [1.165, 1.54) is 4.90 Å².